The summed E-state index contributed by atoms with van der Waals surface area (Å²) in [4.78, 5) is 6.81. The molecule has 0 amide bonds. The van der Waals surface area contributed by atoms with E-state index < -0.39 is 0 Å². The molecule has 2 aromatic carbocycles. The van der Waals surface area contributed by atoms with Gasteiger partial charge in [-0.3, -0.25) is 4.98 Å². The minimum Gasteiger partial charge on any atom is -0.351 e. The van der Waals surface area contributed by atoms with E-state index in [1.807, 2.05) is 54.7 Å². The summed E-state index contributed by atoms with van der Waals surface area (Å²) in [5.74, 6) is 0. The lowest BCUT2D eigenvalue weighted by molar-refractivity contribution is 0.548. The number of aromatic nitrogens is 2. The maximum atomic E-state index is 6.16. The lowest BCUT2D eigenvalue weighted by Gasteiger charge is -2.29. The number of rotatable bonds is 4. The molecule has 2 unspecified atom stereocenters. The van der Waals surface area contributed by atoms with Crippen molar-refractivity contribution in [3.63, 3.8) is 0 Å². The molecule has 0 saturated carbocycles. The van der Waals surface area contributed by atoms with Crippen LogP contribution < -0.4 is 10.2 Å². The molecule has 4 nitrogen and oxygen atoms in total. The standard InChI is InChI=1S/C25H21ClN4S/c1-17-10-15-22(29(17)19-7-3-2-4-8-19)24-23(21-9-5-6-16-27-21)28-25(31)30(24)20-13-11-18(26)12-14-20/h2-16,23-24H,1H3,(H,28,31). The topological polar surface area (TPSA) is 33.1 Å². The van der Waals surface area contributed by atoms with Crippen LogP contribution in [0.15, 0.2) is 91.1 Å². The zero-order valence-corrected chi connectivity index (χ0v) is 18.5. The molecule has 5 rings (SSSR count). The Kier molecular flexibility index (Phi) is 5.22. The Morgan fingerprint density at radius 2 is 1.61 bits per heavy atom. The number of nitrogens with one attached hydrogen (secondary N) is 1. The monoisotopic (exact) mass is 444 g/mol. The fraction of sp³-hybridized carbons (Fsp3) is 0.120. The molecule has 0 radical (unpaired) electrons. The van der Waals surface area contributed by atoms with Crippen LogP contribution in [0.25, 0.3) is 5.69 Å². The number of pyridine rings is 1. The molecule has 4 aromatic rings. The highest BCUT2D eigenvalue weighted by molar-refractivity contribution is 7.80. The van der Waals surface area contributed by atoms with Crippen molar-refractivity contribution in [3.05, 3.63) is 113 Å². The van der Waals surface area contributed by atoms with Crippen molar-refractivity contribution < 1.29 is 0 Å². The second-order valence-corrected chi connectivity index (χ2v) is 8.37. The molecule has 0 spiro atoms. The Morgan fingerprint density at radius 3 is 2.32 bits per heavy atom. The quantitative estimate of drug-likeness (QED) is 0.391. The van der Waals surface area contributed by atoms with Crippen molar-refractivity contribution in [1.29, 1.82) is 0 Å². The molecular formula is C25H21ClN4S. The zero-order chi connectivity index (χ0) is 21.4. The van der Waals surface area contributed by atoms with Gasteiger partial charge in [0.05, 0.1) is 11.7 Å². The van der Waals surface area contributed by atoms with E-state index in [-0.39, 0.29) is 12.1 Å². The molecule has 1 N–H and O–H groups in total. The molecule has 2 aromatic heterocycles. The second kappa shape index (κ2) is 8.17. The number of hydrogen-bond donors (Lipinski definition) is 1. The minimum absolute atomic E-state index is 0.0857. The average molecular weight is 445 g/mol. The van der Waals surface area contributed by atoms with Crippen molar-refractivity contribution in [2.24, 2.45) is 0 Å². The summed E-state index contributed by atoms with van der Waals surface area (Å²) in [6.45, 7) is 2.12. The molecule has 2 atom stereocenters. The fourth-order valence-electron chi connectivity index (χ4n) is 4.25. The first-order chi connectivity index (χ1) is 15.1. The molecule has 1 aliphatic rings. The van der Waals surface area contributed by atoms with E-state index >= 15 is 0 Å². The summed E-state index contributed by atoms with van der Waals surface area (Å²) in [7, 11) is 0. The van der Waals surface area contributed by atoms with Crippen LogP contribution in [0.5, 0.6) is 0 Å². The van der Waals surface area contributed by atoms with E-state index in [9.17, 15) is 0 Å². The first-order valence-corrected chi connectivity index (χ1v) is 10.9. The summed E-state index contributed by atoms with van der Waals surface area (Å²) in [6.07, 6.45) is 1.82. The molecule has 1 fully saturated rings. The number of thiocarbonyl (C=S) groups is 1. The highest BCUT2D eigenvalue weighted by Gasteiger charge is 2.42. The molecule has 31 heavy (non-hydrogen) atoms. The maximum absolute atomic E-state index is 6.16. The molecule has 0 bridgehead atoms. The van der Waals surface area contributed by atoms with Crippen molar-refractivity contribution in [2.45, 2.75) is 19.0 Å². The largest absolute Gasteiger partial charge is 0.351 e. The van der Waals surface area contributed by atoms with Crippen LogP contribution in [0.2, 0.25) is 5.02 Å². The summed E-state index contributed by atoms with van der Waals surface area (Å²) in [5.41, 5.74) is 5.36. The maximum Gasteiger partial charge on any atom is 0.174 e. The summed E-state index contributed by atoms with van der Waals surface area (Å²) in [6, 6.07) is 28.3. The van der Waals surface area contributed by atoms with E-state index in [0.29, 0.717) is 10.1 Å². The molecule has 1 aliphatic heterocycles. The average Bonchev–Trinajstić information content (AvgIpc) is 3.35. The van der Waals surface area contributed by atoms with Gasteiger partial charge < -0.3 is 14.8 Å². The van der Waals surface area contributed by atoms with Crippen LogP contribution in [0.3, 0.4) is 0 Å². The van der Waals surface area contributed by atoms with E-state index in [2.05, 4.69) is 63.1 Å². The Labute approximate surface area is 192 Å². The summed E-state index contributed by atoms with van der Waals surface area (Å²) < 4.78 is 2.29. The van der Waals surface area contributed by atoms with Crippen molar-refractivity contribution in [2.75, 3.05) is 4.90 Å². The molecule has 154 valence electrons. The van der Waals surface area contributed by atoms with Crippen molar-refractivity contribution in [1.82, 2.24) is 14.9 Å². The van der Waals surface area contributed by atoms with E-state index in [1.54, 1.807) is 0 Å². The number of aryl methyl sites for hydroxylation is 1. The van der Waals surface area contributed by atoms with Gasteiger partial charge in [0, 0.05) is 34.0 Å². The van der Waals surface area contributed by atoms with E-state index in [0.717, 1.165) is 28.5 Å². The number of benzene rings is 2. The van der Waals surface area contributed by atoms with Crippen LogP contribution >= 0.6 is 23.8 Å². The third-order valence-corrected chi connectivity index (χ3v) is 6.19. The molecular weight excluding hydrogens is 424 g/mol. The lowest BCUT2D eigenvalue weighted by atomic mass is 10.0. The summed E-state index contributed by atoms with van der Waals surface area (Å²) >= 11 is 12.0. The van der Waals surface area contributed by atoms with Crippen LogP contribution in [0, 0.1) is 6.92 Å². The SMILES string of the molecule is Cc1ccc(C2C(c3ccccn3)NC(=S)N2c2ccc(Cl)cc2)n1-c1ccccc1. The normalized spacial score (nSPS) is 18.3. The lowest BCUT2D eigenvalue weighted by Crippen LogP contribution is -2.30. The highest BCUT2D eigenvalue weighted by atomic mass is 35.5. The second-order valence-electron chi connectivity index (χ2n) is 7.54. The third-order valence-electron chi connectivity index (χ3n) is 5.63. The Balaban J connectivity index is 1.70. The minimum atomic E-state index is -0.0962. The fourth-order valence-corrected chi connectivity index (χ4v) is 4.73. The predicted molar refractivity (Wildman–Crippen MR) is 130 cm³/mol. The summed E-state index contributed by atoms with van der Waals surface area (Å²) in [5, 5.41) is 4.88. The Hall–Kier alpha value is -3.15. The number of para-hydroxylation sites is 1. The van der Waals surface area contributed by atoms with E-state index in [1.165, 1.54) is 0 Å². The molecule has 1 saturated heterocycles. The number of anilines is 1. The van der Waals surface area contributed by atoms with Gasteiger partial charge in [-0.05, 0) is 79.8 Å². The van der Waals surface area contributed by atoms with Gasteiger partial charge in [0.2, 0.25) is 0 Å². The Bertz CT molecular complexity index is 1210. The van der Waals surface area contributed by atoms with Gasteiger partial charge >= 0.3 is 0 Å². The van der Waals surface area contributed by atoms with Gasteiger partial charge in [0.25, 0.3) is 0 Å². The van der Waals surface area contributed by atoms with Crippen molar-refractivity contribution in [3.8, 4) is 5.69 Å². The molecule has 3 heterocycles. The van der Waals surface area contributed by atoms with Crippen LogP contribution in [0.1, 0.15) is 29.2 Å². The van der Waals surface area contributed by atoms with Crippen LogP contribution in [0.4, 0.5) is 5.69 Å². The van der Waals surface area contributed by atoms with Gasteiger partial charge in [-0.25, -0.2) is 0 Å². The number of halogens is 1. The van der Waals surface area contributed by atoms with Crippen LogP contribution in [-0.4, -0.2) is 14.7 Å². The molecule has 0 aliphatic carbocycles. The van der Waals surface area contributed by atoms with Crippen molar-refractivity contribution >= 4 is 34.6 Å². The molecule has 6 heteroatoms. The van der Waals surface area contributed by atoms with Gasteiger partial charge in [-0.2, -0.15) is 0 Å². The van der Waals surface area contributed by atoms with Gasteiger partial charge in [-0.1, -0.05) is 35.9 Å². The predicted octanol–water partition coefficient (Wildman–Crippen LogP) is 6.01. The zero-order valence-electron chi connectivity index (χ0n) is 16.9. The number of nitrogens with zero attached hydrogens (tertiary/aromatic N) is 3. The van der Waals surface area contributed by atoms with Gasteiger partial charge in [0.15, 0.2) is 5.11 Å². The van der Waals surface area contributed by atoms with E-state index in [4.69, 9.17) is 23.8 Å². The van der Waals surface area contributed by atoms with Crippen LogP contribution in [-0.2, 0) is 0 Å². The first kappa shape index (κ1) is 19.8. The van der Waals surface area contributed by atoms with Gasteiger partial charge in [0.1, 0.15) is 6.04 Å². The highest BCUT2D eigenvalue weighted by Crippen LogP contribution is 2.42. The Morgan fingerprint density at radius 1 is 0.871 bits per heavy atom. The first-order valence-electron chi connectivity index (χ1n) is 10.1. The van der Waals surface area contributed by atoms with Gasteiger partial charge in [-0.15, -0.1) is 0 Å². The third kappa shape index (κ3) is 3.60. The number of hydrogen-bond acceptors (Lipinski definition) is 2. The smallest absolute Gasteiger partial charge is 0.174 e.